The van der Waals surface area contributed by atoms with Crippen molar-refractivity contribution in [1.29, 1.82) is 0 Å². The minimum absolute atomic E-state index is 0.0678. The minimum atomic E-state index is 0.0678. The molecular formula is C13H18ClNO. The second-order valence-electron chi connectivity index (χ2n) is 4.48. The number of halogens is 1. The zero-order valence-electron chi connectivity index (χ0n) is 9.38. The molecule has 0 saturated carbocycles. The minimum Gasteiger partial charge on any atom is -0.396 e. The van der Waals surface area contributed by atoms with E-state index in [0.29, 0.717) is 0 Å². The van der Waals surface area contributed by atoms with Gasteiger partial charge in [-0.1, -0.05) is 29.8 Å². The molecule has 0 unspecified atom stereocenters. The van der Waals surface area contributed by atoms with E-state index >= 15 is 0 Å². The SMILES string of the molecule is OCCC1(c2ccccc2Cl)CCNCC1. The number of aliphatic hydroxyl groups excluding tert-OH is 1. The average molecular weight is 240 g/mol. The summed E-state index contributed by atoms with van der Waals surface area (Å²) in [6.07, 6.45) is 2.91. The van der Waals surface area contributed by atoms with Crippen LogP contribution in [0.15, 0.2) is 24.3 Å². The van der Waals surface area contributed by atoms with Gasteiger partial charge in [-0.15, -0.1) is 0 Å². The standard InChI is InChI=1S/C13H18ClNO/c14-12-4-2-1-3-11(12)13(7-10-16)5-8-15-9-6-13/h1-4,15-16H,5-10H2. The molecule has 2 N–H and O–H groups in total. The van der Waals surface area contributed by atoms with Gasteiger partial charge in [0.2, 0.25) is 0 Å². The highest BCUT2D eigenvalue weighted by Crippen LogP contribution is 2.39. The molecular weight excluding hydrogens is 222 g/mol. The molecule has 1 aliphatic heterocycles. The summed E-state index contributed by atoms with van der Waals surface area (Å²) in [6, 6.07) is 8.03. The molecule has 1 heterocycles. The number of rotatable bonds is 3. The Morgan fingerprint density at radius 3 is 2.56 bits per heavy atom. The molecule has 0 aromatic heterocycles. The Balaban J connectivity index is 2.34. The molecule has 2 nitrogen and oxygen atoms in total. The first-order valence-electron chi connectivity index (χ1n) is 5.85. The Hall–Kier alpha value is -0.570. The van der Waals surface area contributed by atoms with Crippen LogP contribution in [0, 0.1) is 0 Å². The molecule has 2 rings (SSSR count). The summed E-state index contributed by atoms with van der Waals surface area (Å²) >= 11 is 6.28. The molecule has 1 aromatic rings. The lowest BCUT2D eigenvalue weighted by atomic mass is 9.71. The summed E-state index contributed by atoms with van der Waals surface area (Å²) in [5, 5.41) is 13.5. The Kier molecular flexibility index (Phi) is 3.85. The van der Waals surface area contributed by atoms with Crippen molar-refractivity contribution >= 4 is 11.6 Å². The van der Waals surface area contributed by atoms with Gasteiger partial charge < -0.3 is 10.4 Å². The van der Waals surface area contributed by atoms with Crippen LogP contribution in [0.2, 0.25) is 5.02 Å². The van der Waals surface area contributed by atoms with Gasteiger partial charge >= 0.3 is 0 Å². The highest BCUT2D eigenvalue weighted by Gasteiger charge is 2.34. The van der Waals surface area contributed by atoms with Gasteiger partial charge in [0.1, 0.15) is 0 Å². The van der Waals surface area contributed by atoms with E-state index in [-0.39, 0.29) is 12.0 Å². The van der Waals surface area contributed by atoms with Crippen molar-refractivity contribution in [2.24, 2.45) is 0 Å². The predicted molar refractivity (Wildman–Crippen MR) is 66.9 cm³/mol. The predicted octanol–water partition coefficient (Wildman–Crippen LogP) is 2.34. The fraction of sp³-hybridized carbons (Fsp3) is 0.538. The maximum absolute atomic E-state index is 9.27. The molecule has 1 aliphatic rings. The molecule has 3 heteroatoms. The van der Waals surface area contributed by atoms with Crippen LogP contribution in [0.5, 0.6) is 0 Å². The number of hydrogen-bond acceptors (Lipinski definition) is 2. The van der Waals surface area contributed by atoms with Crippen molar-refractivity contribution in [2.75, 3.05) is 19.7 Å². The second kappa shape index (κ2) is 5.17. The molecule has 1 fully saturated rings. The summed E-state index contributed by atoms with van der Waals surface area (Å²) in [7, 11) is 0. The van der Waals surface area contributed by atoms with Crippen molar-refractivity contribution < 1.29 is 5.11 Å². The summed E-state index contributed by atoms with van der Waals surface area (Å²) in [6.45, 7) is 2.24. The van der Waals surface area contributed by atoms with Gasteiger partial charge in [0.15, 0.2) is 0 Å². The largest absolute Gasteiger partial charge is 0.396 e. The van der Waals surface area contributed by atoms with Crippen LogP contribution in [-0.2, 0) is 5.41 Å². The van der Waals surface area contributed by atoms with Crippen LogP contribution in [0.25, 0.3) is 0 Å². The summed E-state index contributed by atoms with van der Waals surface area (Å²) in [5.74, 6) is 0. The zero-order valence-corrected chi connectivity index (χ0v) is 10.1. The van der Waals surface area contributed by atoms with Crippen molar-refractivity contribution in [3.8, 4) is 0 Å². The molecule has 0 atom stereocenters. The lowest BCUT2D eigenvalue weighted by molar-refractivity contribution is 0.204. The zero-order chi connectivity index (χ0) is 11.4. The molecule has 1 saturated heterocycles. The van der Waals surface area contributed by atoms with Crippen molar-refractivity contribution in [3.63, 3.8) is 0 Å². The molecule has 0 amide bonds. The normalized spacial score (nSPS) is 19.6. The van der Waals surface area contributed by atoms with E-state index in [1.807, 2.05) is 18.2 Å². The van der Waals surface area contributed by atoms with E-state index < -0.39 is 0 Å². The first-order chi connectivity index (χ1) is 7.78. The summed E-state index contributed by atoms with van der Waals surface area (Å²) < 4.78 is 0. The lowest BCUT2D eigenvalue weighted by Crippen LogP contribution is -2.40. The van der Waals surface area contributed by atoms with E-state index in [4.69, 9.17) is 11.6 Å². The van der Waals surface area contributed by atoms with Gasteiger partial charge in [-0.05, 0) is 44.0 Å². The Morgan fingerprint density at radius 1 is 1.25 bits per heavy atom. The lowest BCUT2D eigenvalue weighted by Gasteiger charge is -2.38. The highest BCUT2D eigenvalue weighted by molar-refractivity contribution is 6.31. The van der Waals surface area contributed by atoms with Crippen LogP contribution in [-0.4, -0.2) is 24.8 Å². The van der Waals surface area contributed by atoms with Gasteiger partial charge in [-0.25, -0.2) is 0 Å². The molecule has 1 aromatic carbocycles. The smallest absolute Gasteiger partial charge is 0.0443 e. The third-order valence-electron chi connectivity index (χ3n) is 3.60. The van der Waals surface area contributed by atoms with Crippen molar-refractivity contribution in [2.45, 2.75) is 24.7 Å². The van der Waals surface area contributed by atoms with E-state index in [1.54, 1.807) is 0 Å². The molecule has 0 aliphatic carbocycles. The van der Waals surface area contributed by atoms with Crippen LogP contribution in [0.3, 0.4) is 0 Å². The maximum Gasteiger partial charge on any atom is 0.0443 e. The number of piperidine rings is 1. The van der Waals surface area contributed by atoms with E-state index in [9.17, 15) is 5.11 Å². The Labute approximate surface area is 102 Å². The Bertz CT molecular complexity index is 342. The number of benzene rings is 1. The molecule has 0 spiro atoms. The third-order valence-corrected chi connectivity index (χ3v) is 3.93. The van der Waals surface area contributed by atoms with E-state index in [2.05, 4.69) is 11.4 Å². The monoisotopic (exact) mass is 239 g/mol. The van der Waals surface area contributed by atoms with Gasteiger partial charge in [0.25, 0.3) is 0 Å². The van der Waals surface area contributed by atoms with Crippen LogP contribution < -0.4 is 5.32 Å². The molecule has 88 valence electrons. The van der Waals surface area contributed by atoms with Gasteiger partial charge in [-0.2, -0.15) is 0 Å². The van der Waals surface area contributed by atoms with E-state index in [1.165, 1.54) is 5.56 Å². The first-order valence-corrected chi connectivity index (χ1v) is 6.23. The fourth-order valence-electron chi connectivity index (χ4n) is 2.66. The quantitative estimate of drug-likeness (QED) is 0.849. The van der Waals surface area contributed by atoms with Crippen molar-refractivity contribution in [1.82, 2.24) is 5.32 Å². The van der Waals surface area contributed by atoms with Crippen LogP contribution >= 0.6 is 11.6 Å². The number of hydrogen-bond donors (Lipinski definition) is 2. The summed E-state index contributed by atoms with van der Waals surface area (Å²) in [4.78, 5) is 0. The molecule has 16 heavy (non-hydrogen) atoms. The fourth-order valence-corrected chi connectivity index (χ4v) is 3.00. The average Bonchev–Trinajstić information content (AvgIpc) is 2.31. The highest BCUT2D eigenvalue weighted by atomic mass is 35.5. The molecule has 0 bridgehead atoms. The molecule has 0 radical (unpaired) electrons. The first kappa shape index (κ1) is 11.9. The second-order valence-corrected chi connectivity index (χ2v) is 4.89. The maximum atomic E-state index is 9.27. The number of aliphatic hydroxyl groups is 1. The van der Waals surface area contributed by atoms with Gasteiger partial charge in [0.05, 0.1) is 0 Å². The van der Waals surface area contributed by atoms with Gasteiger partial charge in [-0.3, -0.25) is 0 Å². The number of nitrogens with one attached hydrogen (secondary N) is 1. The van der Waals surface area contributed by atoms with Gasteiger partial charge in [0, 0.05) is 17.0 Å². The van der Waals surface area contributed by atoms with Crippen molar-refractivity contribution in [3.05, 3.63) is 34.9 Å². The summed E-state index contributed by atoms with van der Waals surface area (Å²) in [5.41, 5.74) is 1.27. The van der Waals surface area contributed by atoms with Crippen LogP contribution in [0.4, 0.5) is 0 Å². The van der Waals surface area contributed by atoms with Crippen LogP contribution in [0.1, 0.15) is 24.8 Å². The Morgan fingerprint density at radius 2 is 1.94 bits per heavy atom. The van der Waals surface area contributed by atoms with E-state index in [0.717, 1.165) is 37.4 Å². The topological polar surface area (TPSA) is 32.3 Å². The third kappa shape index (κ3) is 2.24.